The van der Waals surface area contributed by atoms with Gasteiger partial charge in [0.1, 0.15) is 11.5 Å². The van der Waals surface area contributed by atoms with E-state index < -0.39 is 39.1 Å². The van der Waals surface area contributed by atoms with Crippen molar-refractivity contribution in [3.8, 4) is 0 Å². The number of nitrogens with zero attached hydrogens (tertiary/aromatic N) is 3. The lowest BCUT2D eigenvalue weighted by molar-refractivity contribution is -0.128. The molecule has 1 fully saturated rings. The second-order valence-corrected chi connectivity index (χ2v) is 11.3. The fraction of sp³-hybridized carbons (Fsp3) is 0.565. The van der Waals surface area contributed by atoms with E-state index in [0.717, 1.165) is 42.5 Å². The maximum Gasteiger partial charge on any atom is 0.337 e. The highest BCUT2D eigenvalue weighted by molar-refractivity contribution is 7.92. The van der Waals surface area contributed by atoms with Crippen molar-refractivity contribution in [1.82, 2.24) is 9.47 Å². The van der Waals surface area contributed by atoms with Crippen LogP contribution in [0.15, 0.2) is 23.2 Å². The zero-order valence-electron chi connectivity index (χ0n) is 20.0. The minimum atomic E-state index is -3.97. The van der Waals surface area contributed by atoms with Gasteiger partial charge in [0.15, 0.2) is 14.6 Å². The number of rotatable bonds is 9. The topological polar surface area (TPSA) is 124 Å². The van der Waals surface area contributed by atoms with Crippen LogP contribution >= 0.6 is 11.3 Å². The molecule has 0 bridgehead atoms. The van der Waals surface area contributed by atoms with Gasteiger partial charge in [0.2, 0.25) is 5.91 Å². The van der Waals surface area contributed by atoms with E-state index in [2.05, 4.69) is 4.99 Å². The van der Waals surface area contributed by atoms with Crippen LogP contribution in [0.5, 0.6) is 0 Å². The molecule has 0 N–H and O–H groups in total. The number of ether oxygens (including phenoxy) is 2. The second-order valence-electron chi connectivity index (χ2n) is 8.24. The van der Waals surface area contributed by atoms with Crippen molar-refractivity contribution in [2.75, 3.05) is 44.9 Å². The highest BCUT2D eigenvalue weighted by Gasteiger charge is 2.25. The molecular weight excluding hydrogens is 494 g/mol. The van der Waals surface area contributed by atoms with Crippen LogP contribution < -0.4 is 4.80 Å². The molecule has 1 aromatic heterocycles. The van der Waals surface area contributed by atoms with Gasteiger partial charge < -0.3 is 18.9 Å². The number of carbonyl (C=O) groups excluding carboxylic acids is 3. The van der Waals surface area contributed by atoms with Crippen LogP contribution in [0.1, 0.15) is 43.0 Å². The summed E-state index contributed by atoms with van der Waals surface area (Å²) in [5.41, 5.74) is 1.08. The predicted molar refractivity (Wildman–Crippen MR) is 132 cm³/mol. The van der Waals surface area contributed by atoms with Crippen molar-refractivity contribution in [3.63, 3.8) is 0 Å². The van der Waals surface area contributed by atoms with Crippen molar-refractivity contribution in [2.24, 2.45) is 4.99 Å². The number of fused-ring (bicyclic) bond motifs is 1. The molecule has 192 valence electrons. The van der Waals surface area contributed by atoms with Gasteiger partial charge in [-0.25, -0.2) is 13.2 Å². The summed E-state index contributed by atoms with van der Waals surface area (Å²) in [6, 6.07) is 4.98. The number of sulfone groups is 1. The normalized spacial score (nSPS) is 15.3. The van der Waals surface area contributed by atoms with Crippen LogP contribution in [0.4, 0.5) is 0 Å². The number of carbonyl (C=O) groups is 3. The third-order valence-corrected chi connectivity index (χ3v) is 8.05. The van der Waals surface area contributed by atoms with Crippen LogP contribution in [-0.4, -0.2) is 80.6 Å². The summed E-state index contributed by atoms with van der Waals surface area (Å²) >= 11 is 1.16. The van der Waals surface area contributed by atoms with Gasteiger partial charge in [-0.2, -0.15) is 4.99 Å². The molecule has 35 heavy (non-hydrogen) atoms. The average Bonchev–Trinajstić information content (AvgIpc) is 2.97. The highest BCUT2D eigenvalue weighted by Crippen LogP contribution is 2.20. The second kappa shape index (κ2) is 12.4. The molecule has 0 unspecified atom stereocenters. The molecule has 1 saturated heterocycles. The van der Waals surface area contributed by atoms with Crippen molar-refractivity contribution < 1.29 is 32.3 Å². The first-order chi connectivity index (χ1) is 16.7. The SMILES string of the molecule is CCOCCn1c(=NC(=O)CS(=O)(=O)CC(=O)N2CCCCCC2)sc2cc(C(=O)OC)ccc21. The van der Waals surface area contributed by atoms with Gasteiger partial charge in [-0.05, 0) is 38.0 Å². The molecule has 0 atom stereocenters. The number of methoxy groups -OCH3 is 1. The van der Waals surface area contributed by atoms with Crippen molar-refractivity contribution in [3.05, 3.63) is 28.6 Å². The first kappa shape index (κ1) is 27.0. The first-order valence-corrected chi connectivity index (χ1v) is 14.2. The third kappa shape index (κ3) is 7.45. The van der Waals surface area contributed by atoms with E-state index in [1.54, 1.807) is 27.7 Å². The van der Waals surface area contributed by atoms with E-state index in [0.29, 0.717) is 47.9 Å². The van der Waals surface area contributed by atoms with Gasteiger partial charge in [-0.1, -0.05) is 24.2 Å². The minimum Gasteiger partial charge on any atom is -0.465 e. The number of likely N-dealkylation sites (tertiary alicyclic amines) is 1. The molecule has 2 amide bonds. The van der Waals surface area contributed by atoms with E-state index in [1.807, 2.05) is 6.92 Å². The van der Waals surface area contributed by atoms with Crippen molar-refractivity contribution in [2.45, 2.75) is 39.2 Å². The molecule has 1 aromatic carbocycles. The standard InChI is InChI=1S/C23H31N3O7S2/c1-3-33-13-12-26-18-9-8-17(22(29)32-2)14-19(18)34-23(26)24-20(27)15-35(30,31)16-21(28)25-10-6-4-5-7-11-25/h8-9,14H,3-7,10-13,15-16H2,1-2H3. The maximum atomic E-state index is 12.6. The summed E-state index contributed by atoms with van der Waals surface area (Å²) in [5, 5.41) is 0. The summed E-state index contributed by atoms with van der Waals surface area (Å²) in [6.45, 7) is 4.22. The van der Waals surface area contributed by atoms with Gasteiger partial charge in [-0.15, -0.1) is 0 Å². The number of amides is 2. The summed E-state index contributed by atoms with van der Waals surface area (Å²) < 4.78 is 37.8. The average molecular weight is 526 g/mol. The third-order valence-electron chi connectivity index (χ3n) is 5.63. The Morgan fingerprint density at radius 1 is 1.09 bits per heavy atom. The summed E-state index contributed by atoms with van der Waals surface area (Å²) in [7, 11) is -2.68. The van der Waals surface area contributed by atoms with Crippen LogP contribution in [0.25, 0.3) is 10.2 Å². The molecular formula is C23H31N3O7S2. The van der Waals surface area contributed by atoms with E-state index >= 15 is 0 Å². The molecule has 2 heterocycles. The Labute approximate surface area is 208 Å². The molecule has 0 spiro atoms. The molecule has 1 aliphatic rings. The largest absolute Gasteiger partial charge is 0.465 e. The Kier molecular flexibility index (Phi) is 9.58. The fourth-order valence-corrected chi connectivity index (χ4v) is 6.11. The molecule has 2 aromatic rings. The lowest BCUT2D eigenvalue weighted by atomic mass is 10.2. The quantitative estimate of drug-likeness (QED) is 0.361. The number of hydrogen-bond donors (Lipinski definition) is 0. The summed E-state index contributed by atoms with van der Waals surface area (Å²) in [5.74, 6) is -3.36. The van der Waals surface area contributed by atoms with E-state index in [4.69, 9.17) is 9.47 Å². The zero-order chi connectivity index (χ0) is 25.4. The van der Waals surface area contributed by atoms with Crippen molar-refractivity contribution in [1.29, 1.82) is 0 Å². The predicted octanol–water partition coefficient (Wildman–Crippen LogP) is 1.77. The molecule has 10 nitrogen and oxygen atoms in total. The zero-order valence-corrected chi connectivity index (χ0v) is 21.7. The Hall–Kier alpha value is -2.57. The molecule has 1 aliphatic heterocycles. The summed E-state index contributed by atoms with van der Waals surface area (Å²) in [6.07, 6.45) is 3.75. The lowest BCUT2D eigenvalue weighted by Crippen LogP contribution is -2.37. The number of aromatic nitrogens is 1. The van der Waals surface area contributed by atoms with Gasteiger partial charge in [0.05, 0.1) is 29.5 Å². The van der Waals surface area contributed by atoms with Crippen LogP contribution in [0, 0.1) is 0 Å². The van der Waals surface area contributed by atoms with Gasteiger partial charge >= 0.3 is 5.97 Å². The first-order valence-electron chi connectivity index (χ1n) is 11.6. The Bertz CT molecular complexity index is 1240. The highest BCUT2D eigenvalue weighted by atomic mass is 32.2. The van der Waals surface area contributed by atoms with E-state index in [-0.39, 0.29) is 0 Å². The molecule has 12 heteroatoms. The van der Waals surface area contributed by atoms with Gasteiger partial charge in [-0.3, -0.25) is 9.59 Å². The Balaban J connectivity index is 1.83. The van der Waals surface area contributed by atoms with E-state index in [9.17, 15) is 22.8 Å². The lowest BCUT2D eigenvalue weighted by Gasteiger charge is -2.19. The fourth-order valence-electron chi connectivity index (χ4n) is 3.90. The number of benzene rings is 1. The molecule has 0 aliphatic carbocycles. The van der Waals surface area contributed by atoms with Crippen LogP contribution in [0.2, 0.25) is 0 Å². The number of hydrogen-bond acceptors (Lipinski definition) is 8. The monoisotopic (exact) mass is 525 g/mol. The Morgan fingerprint density at radius 3 is 2.46 bits per heavy atom. The van der Waals surface area contributed by atoms with Crippen LogP contribution in [0.3, 0.4) is 0 Å². The molecule has 3 rings (SSSR count). The van der Waals surface area contributed by atoms with Crippen LogP contribution in [-0.2, 0) is 35.4 Å². The molecule has 0 saturated carbocycles. The molecule has 0 radical (unpaired) electrons. The minimum absolute atomic E-state index is 0.292. The Morgan fingerprint density at radius 2 is 1.80 bits per heavy atom. The summed E-state index contributed by atoms with van der Waals surface area (Å²) in [4.78, 5) is 42.9. The van der Waals surface area contributed by atoms with E-state index in [1.165, 1.54) is 7.11 Å². The maximum absolute atomic E-state index is 12.6. The number of esters is 1. The smallest absolute Gasteiger partial charge is 0.337 e. The van der Waals surface area contributed by atoms with Gasteiger partial charge in [0.25, 0.3) is 5.91 Å². The number of thiazole rings is 1. The van der Waals surface area contributed by atoms with Crippen molar-refractivity contribution >= 4 is 49.2 Å². The van der Waals surface area contributed by atoms with Gasteiger partial charge in [0, 0.05) is 26.2 Å².